The van der Waals surface area contributed by atoms with Crippen LogP contribution >= 0.6 is 0 Å². The van der Waals surface area contributed by atoms with Crippen LogP contribution in [0.1, 0.15) is 33.6 Å². The third-order valence-electron chi connectivity index (χ3n) is 2.77. The molecule has 6 nitrogen and oxygen atoms in total. The number of rotatable bonds is 2. The van der Waals surface area contributed by atoms with Gasteiger partial charge in [-0.25, -0.2) is 9.59 Å². The fourth-order valence-corrected chi connectivity index (χ4v) is 1.97. The summed E-state index contributed by atoms with van der Waals surface area (Å²) in [6, 6.07) is 0. The van der Waals surface area contributed by atoms with Crippen molar-refractivity contribution in [1.29, 1.82) is 0 Å². The van der Waals surface area contributed by atoms with Gasteiger partial charge in [-0.3, -0.25) is 4.90 Å². The Hall–Kier alpha value is -1.59. The fraction of sp³-hybridized carbons (Fsp3) is 0.750. The summed E-state index contributed by atoms with van der Waals surface area (Å²) in [5.74, 6) is -0.721. The summed E-state index contributed by atoms with van der Waals surface area (Å²) in [5.41, 5.74) is -2.21. The minimum Gasteiger partial charge on any atom is -0.467 e. The lowest BCUT2D eigenvalue weighted by molar-refractivity contribution is -0.155. The lowest BCUT2D eigenvalue weighted by Gasteiger charge is -2.32. The Labute approximate surface area is 106 Å². The Kier molecular flexibility index (Phi) is 3.98. The number of ether oxygens (including phenoxy) is 2. The average molecular weight is 257 g/mol. The van der Waals surface area contributed by atoms with Gasteiger partial charge in [-0.2, -0.15) is 0 Å². The Balaban J connectivity index is 2.96. The standard InChI is InChI=1S/C12H19NO5/c1-11(2,3)18-10(16)13-7-5-6-12(13,8-14)9(15)17-4/h8H,5-7H2,1-4H3. The van der Waals surface area contributed by atoms with Crippen molar-refractivity contribution in [2.24, 2.45) is 0 Å². The van der Waals surface area contributed by atoms with Crippen molar-refractivity contribution in [2.75, 3.05) is 13.7 Å². The SMILES string of the molecule is COC(=O)C1(C=O)CCCN1C(=O)OC(C)(C)C. The van der Waals surface area contributed by atoms with E-state index in [1.165, 1.54) is 7.11 Å². The van der Waals surface area contributed by atoms with E-state index in [-0.39, 0.29) is 6.42 Å². The summed E-state index contributed by atoms with van der Waals surface area (Å²) in [7, 11) is 1.19. The number of carbonyl (C=O) groups excluding carboxylic acids is 3. The molecule has 0 saturated carbocycles. The van der Waals surface area contributed by atoms with Gasteiger partial charge in [0.1, 0.15) is 5.60 Å². The Bertz CT molecular complexity index is 360. The topological polar surface area (TPSA) is 72.9 Å². The Morgan fingerprint density at radius 1 is 1.33 bits per heavy atom. The molecule has 1 aliphatic rings. The first kappa shape index (κ1) is 14.5. The highest BCUT2D eigenvalue weighted by Gasteiger charge is 2.52. The van der Waals surface area contributed by atoms with E-state index in [2.05, 4.69) is 4.74 Å². The summed E-state index contributed by atoms with van der Waals surface area (Å²) >= 11 is 0. The molecular weight excluding hydrogens is 238 g/mol. The highest BCUT2D eigenvalue weighted by atomic mass is 16.6. The average Bonchev–Trinajstić information content (AvgIpc) is 2.70. The van der Waals surface area contributed by atoms with Crippen LogP contribution in [0.2, 0.25) is 0 Å². The molecule has 0 aliphatic carbocycles. The molecule has 0 aromatic rings. The van der Waals surface area contributed by atoms with E-state index in [1.807, 2.05) is 0 Å². The highest BCUT2D eigenvalue weighted by molar-refractivity contribution is 6.01. The van der Waals surface area contributed by atoms with Crippen LogP contribution in [0.15, 0.2) is 0 Å². The van der Waals surface area contributed by atoms with E-state index >= 15 is 0 Å². The van der Waals surface area contributed by atoms with Gasteiger partial charge in [-0.1, -0.05) is 0 Å². The number of aldehydes is 1. The zero-order chi connectivity index (χ0) is 14.0. The predicted molar refractivity (Wildman–Crippen MR) is 63.0 cm³/mol. The molecule has 102 valence electrons. The molecule has 0 radical (unpaired) electrons. The summed E-state index contributed by atoms with van der Waals surface area (Å²) in [6.45, 7) is 5.48. The summed E-state index contributed by atoms with van der Waals surface area (Å²) in [6.07, 6.45) is 0.628. The van der Waals surface area contributed by atoms with Crippen LogP contribution < -0.4 is 0 Å². The van der Waals surface area contributed by atoms with Gasteiger partial charge in [-0.05, 0) is 33.6 Å². The van der Waals surface area contributed by atoms with Crippen molar-refractivity contribution >= 4 is 18.3 Å². The number of likely N-dealkylation sites (tertiary alicyclic amines) is 1. The lowest BCUT2D eigenvalue weighted by Crippen LogP contribution is -2.55. The molecule has 1 rings (SSSR count). The molecule has 0 spiro atoms. The maximum Gasteiger partial charge on any atom is 0.411 e. The van der Waals surface area contributed by atoms with E-state index in [9.17, 15) is 14.4 Å². The van der Waals surface area contributed by atoms with Crippen molar-refractivity contribution in [3.05, 3.63) is 0 Å². The van der Waals surface area contributed by atoms with Gasteiger partial charge in [-0.15, -0.1) is 0 Å². The second-order valence-corrected chi connectivity index (χ2v) is 5.27. The third-order valence-corrected chi connectivity index (χ3v) is 2.77. The van der Waals surface area contributed by atoms with E-state index in [1.54, 1.807) is 20.8 Å². The first-order valence-corrected chi connectivity index (χ1v) is 5.82. The van der Waals surface area contributed by atoms with Gasteiger partial charge in [0, 0.05) is 6.54 Å². The predicted octanol–water partition coefficient (Wildman–Crippen LogP) is 1.13. The zero-order valence-corrected chi connectivity index (χ0v) is 11.2. The molecule has 1 heterocycles. The van der Waals surface area contributed by atoms with E-state index < -0.39 is 23.2 Å². The molecule has 0 bridgehead atoms. The van der Waals surface area contributed by atoms with Gasteiger partial charge in [0.25, 0.3) is 0 Å². The number of amides is 1. The lowest BCUT2D eigenvalue weighted by atomic mass is 9.99. The van der Waals surface area contributed by atoms with Crippen molar-refractivity contribution in [1.82, 2.24) is 4.90 Å². The fourth-order valence-electron chi connectivity index (χ4n) is 1.97. The van der Waals surface area contributed by atoms with Crippen molar-refractivity contribution < 1.29 is 23.9 Å². The molecular formula is C12H19NO5. The zero-order valence-electron chi connectivity index (χ0n) is 11.2. The minimum atomic E-state index is -1.53. The second-order valence-electron chi connectivity index (χ2n) is 5.27. The normalized spacial score (nSPS) is 23.7. The van der Waals surface area contributed by atoms with Gasteiger partial charge in [0.15, 0.2) is 11.8 Å². The van der Waals surface area contributed by atoms with E-state index in [0.717, 1.165) is 4.90 Å². The van der Waals surface area contributed by atoms with Gasteiger partial charge >= 0.3 is 12.1 Å². The van der Waals surface area contributed by atoms with Crippen molar-refractivity contribution in [2.45, 2.75) is 44.8 Å². The molecule has 1 fully saturated rings. The van der Waals surface area contributed by atoms with Gasteiger partial charge < -0.3 is 14.3 Å². The molecule has 0 aromatic heterocycles. The molecule has 1 amide bonds. The quantitative estimate of drug-likeness (QED) is 0.421. The van der Waals surface area contributed by atoms with E-state index in [0.29, 0.717) is 19.3 Å². The first-order valence-electron chi connectivity index (χ1n) is 5.82. The van der Waals surface area contributed by atoms with Crippen LogP contribution in [-0.4, -0.2) is 48.0 Å². The van der Waals surface area contributed by atoms with Crippen molar-refractivity contribution in [3.8, 4) is 0 Å². The number of hydrogen-bond donors (Lipinski definition) is 0. The van der Waals surface area contributed by atoms with Crippen LogP contribution in [0.4, 0.5) is 4.79 Å². The second kappa shape index (κ2) is 4.96. The third kappa shape index (κ3) is 2.63. The monoisotopic (exact) mass is 257 g/mol. The number of methoxy groups -OCH3 is 1. The number of nitrogens with zero attached hydrogens (tertiary/aromatic N) is 1. The molecule has 18 heavy (non-hydrogen) atoms. The van der Waals surface area contributed by atoms with E-state index in [4.69, 9.17) is 4.74 Å². The maximum absolute atomic E-state index is 12.0. The summed E-state index contributed by atoms with van der Waals surface area (Å²) in [4.78, 5) is 36.1. The number of carbonyl (C=O) groups is 3. The molecule has 0 N–H and O–H groups in total. The van der Waals surface area contributed by atoms with Gasteiger partial charge in [0.05, 0.1) is 7.11 Å². The summed E-state index contributed by atoms with van der Waals surface area (Å²) < 4.78 is 9.81. The Morgan fingerprint density at radius 3 is 2.39 bits per heavy atom. The Morgan fingerprint density at radius 2 is 1.94 bits per heavy atom. The molecule has 1 atom stereocenters. The van der Waals surface area contributed by atoms with Crippen LogP contribution in [0.25, 0.3) is 0 Å². The smallest absolute Gasteiger partial charge is 0.411 e. The van der Waals surface area contributed by atoms with Crippen LogP contribution in [0, 0.1) is 0 Å². The highest BCUT2D eigenvalue weighted by Crippen LogP contribution is 2.30. The summed E-state index contributed by atoms with van der Waals surface area (Å²) in [5, 5.41) is 0. The molecule has 1 unspecified atom stereocenters. The molecule has 1 saturated heterocycles. The molecule has 0 aromatic carbocycles. The number of hydrogen-bond acceptors (Lipinski definition) is 5. The molecule has 1 aliphatic heterocycles. The van der Waals surface area contributed by atoms with Gasteiger partial charge in [0.2, 0.25) is 0 Å². The number of esters is 1. The largest absolute Gasteiger partial charge is 0.467 e. The first-order chi connectivity index (χ1) is 8.27. The van der Waals surface area contributed by atoms with Crippen LogP contribution in [-0.2, 0) is 19.1 Å². The molecule has 6 heteroatoms. The maximum atomic E-state index is 12.0. The minimum absolute atomic E-state index is 0.266. The van der Waals surface area contributed by atoms with Crippen molar-refractivity contribution in [3.63, 3.8) is 0 Å². The van der Waals surface area contributed by atoms with Crippen LogP contribution in [0.3, 0.4) is 0 Å². The van der Waals surface area contributed by atoms with Crippen LogP contribution in [0.5, 0.6) is 0 Å².